The summed E-state index contributed by atoms with van der Waals surface area (Å²) in [5.41, 5.74) is 0.395. The van der Waals surface area contributed by atoms with Crippen molar-refractivity contribution >= 4 is 5.78 Å². The largest absolute Gasteiger partial charge is 0.370 e. The fourth-order valence-electron chi connectivity index (χ4n) is 1.60. The third-order valence-electron chi connectivity index (χ3n) is 2.46. The Bertz CT molecular complexity index is 326. The van der Waals surface area contributed by atoms with Gasteiger partial charge in [0.2, 0.25) is 5.78 Å². The molecule has 2 unspecified atom stereocenters. The van der Waals surface area contributed by atoms with Crippen LogP contribution in [0.1, 0.15) is 23.8 Å². The van der Waals surface area contributed by atoms with Crippen molar-refractivity contribution in [3.05, 3.63) is 24.3 Å². The first kappa shape index (κ1) is 9.27. The number of rotatable bonds is 2. The van der Waals surface area contributed by atoms with Gasteiger partial charge in [0, 0.05) is 19.0 Å². The maximum Gasteiger partial charge on any atom is 0.211 e. The fourth-order valence-corrected chi connectivity index (χ4v) is 1.60. The Labute approximate surface area is 82.3 Å². The molecule has 1 aromatic heterocycles. The van der Waals surface area contributed by atoms with E-state index in [0.717, 1.165) is 6.42 Å². The highest BCUT2D eigenvalue weighted by Crippen LogP contribution is 2.22. The quantitative estimate of drug-likeness (QED) is 0.658. The van der Waals surface area contributed by atoms with Crippen LogP contribution in [0.2, 0.25) is 0 Å². The Kier molecular flexibility index (Phi) is 2.54. The molecule has 0 saturated carbocycles. The van der Waals surface area contributed by atoms with Gasteiger partial charge in [-0.3, -0.25) is 9.78 Å². The lowest BCUT2D eigenvalue weighted by Crippen LogP contribution is -2.26. The van der Waals surface area contributed by atoms with Gasteiger partial charge in [-0.2, -0.15) is 0 Å². The first-order valence-corrected chi connectivity index (χ1v) is 4.71. The van der Waals surface area contributed by atoms with Gasteiger partial charge in [-0.05, 0) is 12.3 Å². The highest BCUT2D eigenvalue weighted by atomic mass is 16.5. The minimum atomic E-state index is -0.327. The maximum absolute atomic E-state index is 11.8. The summed E-state index contributed by atoms with van der Waals surface area (Å²) in [6.45, 7) is 2.68. The Balaban J connectivity index is 2.16. The van der Waals surface area contributed by atoms with Crippen LogP contribution < -0.4 is 0 Å². The highest BCUT2D eigenvalue weighted by molar-refractivity contribution is 5.97. The van der Waals surface area contributed by atoms with Gasteiger partial charge < -0.3 is 4.74 Å². The molecule has 4 nitrogen and oxygen atoms in total. The number of hydrogen-bond acceptors (Lipinski definition) is 4. The summed E-state index contributed by atoms with van der Waals surface area (Å²) in [7, 11) is 0. The summed E-state index contributed by atoms with van der Waals surface area (Å²) in [6, 6.07) is 0. The SMILES string of the molecule is CC1CCOC1C(=O)c1cnccn1. The normalized spacial score (nSPS) is 26.4. The third-order valence-corrected chi connectivity index (χ3v) is 2.46. The summed E-state index contributed by atoms with van der Waals surface area (Å²) in [6.07, 6.45) is 5.17. The number of aromatic nitrogens is 2. The molecule has 0 spiro atoms. The zero-order valence-electron chi connectivity index (χ0n) is 8.01. The van der Waals surface area contributed by atoms with Gasteiger partial charge in [-0.25, -0.2) is 4.98 Å². The van der Waals surface area contributed by atoms with Crippen LogP contribution >= 0.6 is 0 Å². The van der Waals surface area contributed by atoms with Crippen molar-refractivity contribution in [2.45, 2.75) is 19.4 Å². The average Bonchev–Trinajstić information content (AvgIpc) is 2.65. The lowest BCUT2D eigenvalue weighted by atomic mass is 9.99. The molecule has 1 aliphatic heterocycles. The van der Waals surface area contributed by atoms with Gasteiger partial charge in [0.05, 0.1) is 6.20 Å². The molecule has 0 bridgehead atoms. The van der Waals surface area contributed by atoms with Gasteiger partial charge >= 0.3 is 0 Å². The Morgan fingerprint density at radius 2 is 2.43 bits per heavy atom. The lowest BCUT2D eigenvalue weighted by molar-refractivity contribution is 0.0574. The van der Waals surface area contributed by atoms with E-state index >= 15 is 0 Å². The second-order valence-corrected chi connectivity index (χ2v) is 3.51. The van der Waals surface area contributed by atoms with E-state index in [4.69, 9.17) is 4.74 Å². The Morgan fingerprint density at radius 3 is 3.00 bits per heavy atom. The summed E-state index contributed by atoms with van der Waals surface area (Å²) in [5, 5.41) is 0. The molecular formula is C10H12N2O2. The lowest BCUT2D eigenvalue weighted by Gasteiger charge is -2.11. The van der Waals surface area contributed by atoms with Gasteiger partial charge in [0.1, 0.15) is 11.8 Å². The van der Waals surface area contributed by atoms with Gasteiger partial charge in [0.25, 0.3) is 0 Å². The average molecular weight is 192 g/mol. The van der Waals surface area contributed by atoms with Crippen LogP contribution in [-0.2, 0) is 4.74 Å². The van der Waals surface area contributed by atoms with Gasteiger partial charge in [-0.1, -0.05) is 6.92 Å². The molecule has 2 heterocycles. The van der Waals surface area contributed by atoms with Crippen molar-refractivity contribution in [3.8, 4) is 0 Å². The number of ketones is 1. The van der Waals surface area contributed by atoms with Crippen molar-refractivity contribution in [2.75, 3.05) is 6.61 Å². The fraction of sp³-hybridized carbons (Fsp3) is 0.500. The zero-order valence-corrected chi connectivity index (χ0v) is 8.01. The standard InChI is InChI=1S/C10H12N2O2/c1-7-2-5-14-10(7)9(13)8-6-11-3-4-12-8/h3-4,6-7,10H,2,5H2,1H3. The van der Waals surface area contributed by atoms with Gasteiger partial charge in [0.15, 0.2) is 0 Å². The number of hydrogen-bond donors (Lipinski definition) is 0. The van der Waals surface area contributed by atoms with E-state index in [1.165, 1.54) is 12.4 Å². The summed E-state index contributed by atoms with van der Waals surface area (Å²) in [5.74, 6) is 0.229. The number of ether oxygens (including phenoxy) is 1. The zero-order chi connectivity index (χ0) is 9.97. The van der Waals surface area contributed by atoms with Crippen molar-refractivity contribution in [1.29, 1.82) is 0 Å². The van der Waals surface area contributed by atoms with Crippen molar-refractivity contribution in [2.24, 2.45) is 5.92 Å². The van der Waals surface area contributed by atoms with Crippen molar-refractivity contribution in [3.63, 3.8) is 0 Å². The smallest absolute Gasteiger partial charge is 0.211 e. The van der Waals surface area contributed by atoms with E-state index < -0.39 is 0 Å². The molecule has 2 atom stereocenters. The van der Waals surface area contributed by atoms with Crippen LogP contribution in [0, 0.1) is 5.92 Å². The first-order valence-electron chi connectivity index (χ1n) is 4.71. The van der Waals surface area contributed by atoms with Crippen molar-refractivity contribution < 1.29 is 9.53 Å². The molecular weight excluding hydrogens is 180 g/mol. The molecule has 1 aromatic rings. The van der Waals surface area contributed by atoms with Crippen LogP contribution in [0.4, 0.5) is 0 Å². The Hall–Kier alpha value is -1.29. The van der Waals surface area contributed by atoms with Crippen molar-refractivity contribution in [1.82, 2.24) is 9.97 Å². The molecule has 74 valence electrons. The van der Waals surface area contributed by atoms with Crippen LogP contribution in [-0.4, -0.2) is 28.5 Å². The number of Topliss-reactive ketones (excluding diaryl/α,β-unsaturated/α-hetero) is 1. The van der Waals surface area contributed by atoms with Gasteiger partial charge in [-0.15, -0.1) is 0 Å². The summed E-state index contributed by atoms with van der Waals surface area (Å²) < 4.78 is 5.36. The number of carbonyl (C=O) groups excluding carboxylic acids is 1. The molecule has 0 amide bonds. The van der Waals surface area contributed by atoms with Crippen LogP contribution in [0.25, 0.3) is 0 Å². The number of nitrogens with zero attached hydrogens (tertiary/aromatic N) is 2. The Morgan fingerprint density at radius 1 is 1.57 bits per heavy atom. The second kappa shape index (κ2) is 3.84. The third kappa shape index (κ3) is 1.65. The van der Waals surface area contributed by atoms with E-state index in [0.29, 0.717) is 12.3 Å². The van der Waals surface area contributed by atoms with E-state index in [9.17, 15) is 4.79 Å². The monoisotopic (exact) mass is 192 g/mol. The predicted molar refractivity (Wildman–Crippen MR) is 49.9 cm³/mol. The molecule has 1 fully saturated rings. The molecule has 0 N–H and O–H groups in total. The molecule has 1 saturated heterocycles. The van der Waals surface area contributed by atoms with Crippen LogP contribution in [0.5, 0.6) is 0 Å². The topological polar surface area (TPSA) is 52.1 Å². The number of carbonyl (C=O) groups is 1. The van der Waals surface area contributed by atoms with E-state index in [1.54, 1.807) is 6.20 Å². The maximum atomic E-state index is 11.8. The first-order chi connectivity index (χ1) is 6.79. The van der Waals surface area contributed by atoms with Crippen LogP contribution in [0.15, 0.2) is 18.6 Å². The summed E-state index contributed by atoms with van der Waals surface area (Å²) >= 11 is 0. The van der Waals surface area contributed by atoms with Crippen LogP contribution in [0.3, 0.4) is 0 Å². The highest BCUT2D eigenvalue weighted by Gasteiger charge is 2.32. The minimum absolute atomic E-state index is 0.0527. The molecule has 0 aliphatic carbocycles. The minimum Gasteiger partial charge on any atom is -0.370 e. The molecule has 2 rings (SSSR count). The second-order valence-electron chi connectivity index (χ2n) is 3.51. The van der Waals surface area contributed by atoms with E-state index in [2.05, 4.69) is 9.97 Å². The molecule has 0 radical (unpaired) electrons. The molecule has 0 aromatic carbocycles. The predicted octanol–water partition coefficient (Wildman–Crippen LogP) is 1.08. The van der Waals surface area contributed by atoms with E-state index in [-0.39, 0.29) is 17.8 Å². The molecule has 14 heavy (non-hydrogen) atoms. The molecule has 1 aliphatic rings. The molecule has 4 heteroatoms. The van der Waals surface area contributed by atoms with E-state index in [1.807, 2.05) is 6.92 Å². The summed E-state index contributed by atoms with van der Waals surface area (Å²) in [4.78, 5) is 19.7.